The van der Waals surface area contributed by atoms with E-state index in [9.17, 15) is 9.35 Å². The molecule has 0 aliphatic rings. The molecule has 2 aromatic carbocycles. The molecule has 0 unspecified atom stereocenters. The molecule has 34 heavy (non-hydrogen) atoms. The van der Waals surface area contributed by atoms with Crippen LogP contribution in [0.15, 0.2) is 71.3 Å². The van der Waals surface area contributed by atoms with E-state index in [0.29, 0.717) is 23.4 Å². The van der Waals surface area contributed by atoms with Crippen molar-refractivity contribution in [3.8, 4) is 11.3 Å². The van der Waals surface area contributed by atoms with E-state index >= 15 is 0 Å². The Labute approximate surface area is 202 Å². The molecule has 2 aromatic heterocycles. The second kappa shape index (κ2) is 9.97. The maximum absolute atomic E-state index is 13.2. The molecular weight excluding hydrogens is 448 g/mol. The van der Waals surface area contributed by atoms with Crippen molar-refractivity contribution in [2.75, 3.05) is 7.05 Å². The zero-order chi connectivity index (χ0) is 24.3. The smallest absolute Gasteiger partial charge is 0.269 e. The Hall–Kier alpha value is -3.20. The number of hydrogen-bond donors (Lipinski definition) is 2. The highest BCUT2D eigenvalue weighted by Crippen LogP contribution is 2.35. The lowest BCUT2D eigenvalue weighted by Gasteiger charge is -2.29. The van der Waals surface area contributed by atoms with Gasteiger partial charge in [0.25, 0.3) is 5.91 Å². The van der Waals surface area contributed by atoms with E-state index in [0.717, 1.165) is 22.2 Å². The van der Waals surface area contributed by atoms with Gasteiger partial charge in [-0.15, -0.1) is 4.72 Å². The van der Waals surface area contributed by atoms with Crippen LogP contribution in [0.1, 0.15) is 48.6 Å². The van der Waals surface area contributed by atoms with E-state index in [2.05, 4.69) is 20.2 Å². The van der Waals surface area contributed by atoms with Crippen LogP contribution < -0.4 is 10.0 Å². The largest absolute Gasteiger partial charge is 0.598 e. The molecule has 1 amide bonds. The van der Waals surface area contributed by atoms with E-state index in [1.54, 1.807) is 13.1 Å². The van der Waals surface area contributed by atoms with Crippen molar-refractivity contribution in [3.63, 3.8) is 0 Å². The molecule has 0 aliphatic heterocycles. The molecule has 2 heterocycles. The van der Waals surface area contributed by atoms with Crippen LogP contribution in [0.25, 0.3) is 22.2 Å². The van der Waals surface area contributed by atoms with Crippen molar-refractivity contribution < 1.29 is 13.9 Å². The molecule has 176 valence electrons. The zero-order valence-corrected chi connectivity index (χ0v) is 20.5. The summed E-state index contributed by atoms with van der Waals surface area (Å²) in [7, 11) is 1.58. The second-order valence-electron chi connectivity index (χ2n) is 8.96. The number of pyridine rings is 1. The molecule has 0 bridgehead atoms. The van der Waals surface area contributed by atoms with Crippen LogP contribution in [0, 0.1) is 0 Å². The lowest BCUT2D eigenvalue weighted by molar-refractivity contribution is 0.0958. The monoisotopic (exact) mass is 476 g/mol. The first kappa shape index (κ1) is 23.9. The first-order valence-corrected chi connectivity index (χ1v) is 12.2. The first-order valence-electron chi connectivity index (χ1n) is 11.1. The van der Waals surface area contributed by atoms with Gasteiger partial charge in [-0.2, -0.15) is 0 Å². The third-order valence-corrected chi connectivity index (χ3v) is 7.06. The Kier molecular flexibility index (Phi) is 7.02. The number of fused-ring (bicyclic) bond motifs is 1. The van der Waals surface area contributed by atoms with Crippen LogP contribution in [0.4, 0.5) is 0 Å². The van der Waals surface area contributed by atoms with Gasteiger partial charge in [0.2, 0.25) is 0 Å². The minimum atomic E-state index is -1.34. The molecule has 0 spiro atoms. The van der Waals surface area contributed by atoms with Crippen LogP contribution in [-0.4, -0.2) is 32.4 Å². The minimum absolute atomic E-state index is 0.251. The van der Waals surface area contributed by atoms with Gasteiger partial charge in [-0.3, -0.25) is 4.79 Å². The number of nitrogens with one attached hydrogen (secondary N) is 2. The highest BCUT2D eigenvalue weighted by Gasteiger charge is 2.31. The summed E-state index contributed by atoms with van der Waals surface area (Å²) in [5, 5.41) is 7.86. The van der Waals surface area contributed by atoms with Crippen molar-refractivity contribution in [2.24, 2.45) is 0 Å². The Morgan fingerprint density at radius 3 is 2.56 bits per heavy atom. The van der Waals surface area contributed by atoms with Crippen LogP contribution in [0.5, 0.6) is 0 Å². The Bertz CT molecular complexity index is 1300. The fourth-order valence-corrected chi connectivity index (χ4v) is 4.50. The number of hydrogen-bond acceptors (Lipinski definition) is 6. The predicted molar refractivity (Wildman–Crippen MR) is 135 cm³/mol. The zero-order valence-electron chi connectivity index (χ0n) is 19.7. The van der Waals surface area contributed by atoms with Crippen LogP contribution in [0.2, 0.25) is 0 Å². The number of aromatic nitrogens is 2. The number of carbonyl (C=O) groups excluding carboxylic acids is 1. The average molecular weight is 477 g/mol. The van der Waals surface area contributed by atoms with Gasteiger partial charge >= 0.3 is 0 Å². The van der Waals surface area contributed by atoms with Gasteiger partial charge in [-0.05, 0) is 50.6 Å². The van der Waals surface area contributed by atoms with Gasteiger partial charge in [0.05, 0.1) is 6.04 Å². The maximum Gasteiger partial charge on any atom is 0.269 e. The SMILES string of the molecule is CNC(=O)c1cccc(C[C@H](N[S@@+]([O-])C(C)(C)C)c2ccccc2-c2noc3ccccc23)n1. The fourth-order valence-electron chi connectivity index (χ4n) is 3.67. The lowest BCUT2D eigenvalue weighted by Crippen LogP contribution is -2.42. The third kappa shape index (κ3) is 5.14. The summed E-state index contributed by atoms with van der Waals surface area (Å²) in [4.78, 5) is 16.6. The number of carbonyl (C=O) groups is 1. The topological polar surface area (TPSA) is 103 Å². The predicted octanol–water partition coefficient (Wildman–Crippen LogP) is 4.59. The molecular formula is C26H28N4O3S. The highest BCUT2D eigenvalue weighted by atomic mass is 32.2. The maximum atomic E-state index is 13.2. The van der Waals surface area contributed by atoms with Crippen molar-refractivity contribution in [1.29, 1.82) is 0 Å². The van der Waals surface area contributed by atoms with Crippen LogP contribution in [0.3, 0.4) is 0 Å². The summed E-state index contributed by atoms with van der Waals surface area (Å²) in [5.41, 5.74) is 4.29. The second-order valence-corrected chi connectivity index (χ2v) is 11.0. The Balaban J connectivity index is 1.78. The normalized spacial score (nSPS) is 13.6. The van der Waals surface area contributed by atoms with Crippen molar-refractivity contribution in [1.82, 2.24) is 20.2 Å². The average Bonchev–Trinajstić information content (AvgIpc) is 3.26. The van der Waals surface area contributed by atoms with Crippen LogP contribution >= 0.6 is 0 Å². The van der Waals surface area contributed by atoms with Gasteiger partial charge in [-0.25, -0.2) is 4.98 Å². The minimum Gasteiger partial charge on any atom is -0.598 e. The van der Waals surface area contributed by atoms with Gasteiger partial charge in [0, 0.05) is 41.5 Å². The molecule has 0 saturated heterocycles. The lowest BCUT2D eigenvalue weighted by atomic mass is 9.94. The molecule has 2 N–H and O–H groups in total. The van der Waals surface area contributed by atoms with Crippen molar-refractivity contribution in [2.45, 2.75) is 38.0 Å². The summed E-state index contributed by atoms with van der Waals surface area (Å²) in [5.74, 6) is -0.251. The van der Waals surface area contributed by atoms with Gasteiger partial charge in [0.1, 0.15) is 16.1 Å². The van der Waals surface area contributed by atoms with Crippen molar-refractivity contribution >= 4 is 28.2 Å². The molecule has 8 heteroatoms. The summed E-state index contributed by atoms with van der Waals surface area (Å²) in [6.45, 7) is 5.78. The van der Waals surface area contributed by atoms with Gasteiger partial charge in [-0.1, -0.05) is 47.6 Å². The Morgan fingerprint density at radius 1 is 1.06 bits per heavy atom. The molecule has 0 fully saturated rings. The molecule has 4 aromatic rings. The van der Waals surface area contributed by atoms with Gasteiger partial charge < -0.3 is 14.4 Å². The number of nitrogens with zero attached hydrogens (tertiary/aromatic N) is 2. The Morgan fingerprint density at radius 2 is 1.79 bits per heavy atom. The standard InChI is InChI=1S/C26H28N4O3S/c1-26(2,3)34(32)30-22(16-17-10-9-14-21(28-17)25(31)27-4)18-11-5-6-12-19(18)24-20-13-7-8-15-23(20)33-29-24/h5-15,22,30H,16H2,1-4H3,(H,27,31)/t22-,34-/m0/s1. The van der Waals surface area contributed by atoms with E-state index in [1.807, 2.05) is 81.4 Å². The summed E-state index contributed by atoms with van der Waals surface area (Å²) in [6.07, 6.45) is 0.430. The summed E-state index contributed by atoms with van der Waals surface area (Å²) >= 11 is -1.34. The molecule has 0 saturated carbocycles. The quantitative estimate of drug-likeness (QED) is 0.378. The van der Waals surface area contributed by atoms with E-state index < -0.39 is 16.1 Å². The van der Waals surface area contributed by atoms with E-state index in [1.165, 1.54) is 0 Å². The molecule has 0 aliphatic carbocycles. The molecule has 2 atom stereocenters. The number of para-hydroxylation sites is 1. The molecule has 0 radical (unpaired) electrons. The van der Waals surface area contributed by atoms with E-state index in [-0.39, 0.29) is 11.9 Å². The molecule has 7 nitrogen and oxygen atoms in total. The first-order chi connectivity index (χ1) is 16.3. The van der Waals surface area contributed by atoms with Gasteiger partial charge in [0.15, 0.2) is 5.58 Å². The summed E-state index contributed by atoms with van der Waals surface area (Å²) in [6, 6.07) is 20.6. The number of amides is 1. The summed E-state index contributed by atoms with van der Waals surface area (Å²) < 4.78 is 21.6. The fraction of sp³-hybridized carbons (Fsp3) is 0.269. The highest BCUT2D eigenvalue weighted by molar-refractivity contribution is 7.90. The van der Waals surface area contributed by atoms with Crippen molar-refractivity contribution in [3.05, 3.63) is 83.7 Å². The van der Waals surface area contributed by atoms with Crippen LogP contribution in [-0.2, 0) is 17.8 Å². The third-order valence-electron chi connectivity index (χ3n) is 5.45. The van der Waals surface area contributed by atoms with E-state index in [4.69, 9.17) is 4.52 Å². The number of rotatable bonds is 7. The number of benzene rings is 2. The molecule has 4 rings (SSSR count).